The molecule has 2 aliphatic carbocycles. The fraction of sp³-hybridized carbons (Fsp3) is 0.875. The van der Waals surface area contributed by atoms with Gasteiger partial charge in [0.1, 0.15) is 17.5 Å². The van der Waals surface area contributed by atoms with Crippen LogP contribution in [0.2, 0.25) is 0 Å². The van der Waals surface area contributed by atoms with Crippen LogP contribution < -0.4 is 0 Å². The van der Waals surface area contributed by atoms with Crippen molar-refractivity contribution < 1.29 is 24.0 Å². The van der Waals surface area contributed by atoms with Crippen molar-refractivity contribution >= 4 is 28.4 Å². The van der Waals surface area contributed by atoms with Gasteiger partial charge in [0.15, 0.2) is 0 Å². The Morgan fingerprint density at radius 3 is 2.55 bits per heavy atom. The van der Waals surface area contributed by atoms with E-state index in [0.717, 1.165) is 44.9 Å². The highest BCUT2D eigenvalue weighted by Gasteiger charge is 2.40. The Morgan fingerprint density at radius 1 is 1.23 bits per heavy atom. The second kappa shape index (κ2) is 12.6. The molecule has 31 heavy (non-hydrogen) atoms. The predicted molar refractivity (Wildman–Crippen MR) is 125 cm³/mol. The van der Waals surface area contributed by atoms with Gasteiger partial charge in [0.05, 0.1) is 12.0 Å². The molecule has 2 fully saturated rings. The average Bonchev–Trinajstić information content (AvgIpc) is 2.95. The number of aliphatic hydroxyl groups excluding tert-OH is 2. The monoisotopic (exact) mass is 474 g/mol. The minimum Gasteiger partial charge on any atom is -0.459 e. The minimum absolute atomic E-state index is 0.0574. The summed E-state index contributed by atoms with van der Waals surface area (Å²) in [7, 11) is -1.24. The van der Waals surface area contributed by atoms with Gasteiger partial charge in [-0.1, -0.05) is 37.5 Å². The molecule has 0 aromatic carbocycles. The van der Waals surface area contributed by atoms with E-state index >= 15 is 0 Å². The van der Waals surface area contributed by atoms with E-state index in [9.17, 15) is 19.2 Å². The first-order valence-electron chi connectivity index (χ1n) is 11.6. The maximum Gasteiger partial charge on any atom is 0.319 e. The molecule has 0 radical (unpaired) electrons. The summed E-state index contributed by atoms with van der Waals surface area (Å²) < 4.78 is 17.4. The highest BCUT2D eigenvalue weighted by atomic mass is 35.5. The topological polar surface area (TPSA) is 83.8 Å². The Labute approximate surface area is 195 Å². The molecule has 178 valence electrons. The van der Waals surface area contributed by atoms with E-state index in [0.29, 0.717) is 12.2 Å². The first kappa shape index (κ1) is 26.6. The second-order valence-corrected chi connectivity index (χ2v) is 12.1. The number of esters is 1. The summed E-state index contributed by atoms with van der Waals surface area (Å²) in [5.41, 5.74) is -0.569. The minimum atomic E-state index is -1.24. The normalized spacial score (nSPS) is 29.1. The lowest BCUT2D eigenvalue weighted by molar-refractivity contribution is -0.151. The molecule has 0 amide bonds. The lowest BCUT2D eigenvalue weighted by Crippen LogP contribution is -2.27. The molecule has 0 bridgehead atoms. The highest BCUT2D eigenvalue weighted by Crippen LogP contribution is 2.39. The van der Waals surface area contributed by atoms with E-state index < -0.39 is 34.6 Å². The van der Waals surface area contributed by atoms with Crippen molar-refractivity contribution in [1.82, 2.24) is 0 Å². The van der Waals surface area contributed by atoms with Crippen LogP contribution in [0.5, 0.6) is 0 Å². The quantitative estimate of drug-likeness (QED) is 0.242. The second-order valence-electron chi connectivity index (χ2n) is 10.0. The van der Waals surface area contributed by atoms with Crippen molar-refractivity contribution in [3.8, 4) is 11.8 Å². The van der Waals surface area contributed by atoms with Gasteiger partial charge in [0.25, 0.3) is 0 Å². The Morgan fingerprint density at radius 2 is 1.90 bits per heavy atom. The Bertz CT molecular complexity index is 659. The van der Waals surface area contributed by atoms with Gasteiger partial charge in [0.2, 0.25) is 0 Å². The molecule has 2 N–H and O–H groups in total. The van der Waals surface area contributed by atoms with Crippen molar-refractivity contribution in [3.63, 3.8) is 0 Å². The number of unbranched alkanes of at least 4 members (excludes halogenated alkanes) is 1. The lowest BCUT2D eigenvalue weighted by Gasteiger charge is -2.24. The molecule has 2 rings (SSSR count). The maximum absolute atomic E-state index is 12.1. The van der Waals surface area contributed by atoms with Crippen molar-refractivity contribution in [3.05, 3.63) is 0 Å². The fourth-order valence-electron chi connectivity index (χ4n) is 4.59. The molecule has 7 heteroatoms. The molecule has 2 saturated carbocycles. The molecule has 5 nitrogen and oxygen atoms in total. The largest absolute Gasteiger partial charge is 0.459 e. The van der Waals surface area contributed by atoms with Gasteiger partial charge in [-0.05, 0) is 64.7 Å². The van der Waals surface area contributed by atoms with Crippen molar-refractivity contribution in [2.45, 2.75) is 102 Å². The molecule has 0 heterocycles. The number of ether oxygens (including phenoxy) is 1. The number of carbonyl (C=O) groups excluding carboxylic acids is 1. The molecule has 0 aromatic heterocycles. The van der Waals surface area contributed by atoms with Crippen LogP contribution in [-0.4, -0.2) is 55.1 Å². The Kier molecular flexibility index (Phi) is 10.8. The third kappa shape index (κ3) is 9.42. The zero-order valence-electron chi connectivity index (χ0n) is 19.1. The van der Waals surface area contributed by atoms with Crippen LogP contribution in [0.15, 0.2) is 0 Å². The fourth-order valence-corrected chi connectivity index (χ4v) is 6.05. The van der Waals surface area contributed by atoms with Gasteiger partial charge in [-0.2, -0.15) is 0 Å². The highest BCUT2D eigenvalue weighted by molar-refractivity contribution is 7.85. The Balaban J connectivity index is 1.78. The van der Waals surface area contributed by atoms with Gasteiger partial charge in [-0.25, -0.2) is 0 Å². The van der Waals surface area contributed by atoms with E-state index in [1.54, 1.807) is 20.8 Å². The van der Waals surface area contributed by atoms with Crippen molar-refractivity contribution in [2.75, 3.05) is 11.5 Å². The molecular formula is C24H39ClO5S. The molecule has 0 spiro atoms. The molecule has 2 unspecified atom stereocenters. The number of hydrogen-bond acceptors (Lipinski definition) is 5. The van der Waals surface area contributed by atoms with Crippen LogP contribution in [0.25, 0.3) is 0 Å². The van der Waals surface area contributed by atoms with Gasteiger partial charge < -0.3 is 14.9 Å². The van der Waals surface area contributed by atoms with Crippen LogP contribution >= 0.6 is 11.6 Å². The van der Waals surface area contributed by atoms with Crippen molar-refractivity contribution in [2.24, 2.45) is 17.8 Å². The van der Waals surface area contributed by atoms with E-state index in [1.807, 2.05) is 0 Å². The van der Waals surface area contributed by atoms with Crippen LogP contribution in [0.3, 0.4) is 0 Å². The molecule has 6 atom stereocenters. The number of aliphatic hydroxyl groups is 2. The zero-order valence-corrected chi connectivity index (χ0v) is 20.7. The smallest absolute Gasteiger partial charge is 0.319 e. The van der Waals surface area contributed by atoms with Gasteiger partial charge in [-0.3, -0.25) is 9.00 Å². The zero-order chi connectivity index (χ0) is 23.0. The summed E-state index contributed by atoms with van der Waals surface area (Å²) in [5, 5.41) is 20.7. The lowest BCUT2D eigenvalue weighted by atomic mass is 9.84. The van der Waals surface area contributed by atoms with Gasteiger partial charge in [-0.15, -0.1) is 11.6 Å². The van der Waals surface area contributed by atoms with Crippen LogP contribution in [0, 0.1) is 29.6 Å². The number of alkyl halides is 1. The molecule has 0 aliphatic heterocycles. The summed E-state index contributed by atoms with van der Waals surface area (Å²) in [6.07, 6.45) is 7.20. The summed E-state index contributed by atoms with van der Waals surface area (Å²) in [6.45, 7) is 5.37. The van der Waals surface area contributed by atoms with Crippen LogP contribution in [0.1, 0.15) is 78.6 Å². The number of halogens is 1. The average molecular weight is 475 g/mol. The molecule has 2 aliphatic rings. The number of carbonyl (C=O) groups is 1. The predicted octanol–water partition coefficient (Wildman–Crippen LogP) is 3.80. The van der Waals surface area contributed by atoms with E-state index in [2.05, 4.69) is 11.8 Å². The van der Waals surface area contributed by atoms with E-state index in [4.69, 9.17) is 16.3 Å². The SMILES string of the molecule is CC(C)(C)OC(=O)CS(=O)CCCC[C@@H]1[C@@H](C#CC(O)C2CCCCC2)[C@H](O)C[C@@H]1Cl. The Hall–Kier alpha value is -0.610. The maximum atomic E-state index is 12.1. The van der Waals surface area contributed by atoms with E-state index in [1.165, 1.54) is 6.42 Å². The first-order chi connectivity index (χ1) is 14.6. The third-order valence-corrected chi connectivity index (χ3v) is 7.96. The number of hydrogen-bond donors (Lipinski definition) is 2. The first-order valence-corrected chi connectivity index (χ1v) is 13.6. The summed E-state index contributed by atoms with van der Waals surface area (Å²) >= 11 is 6.49. The molecule has 0 saturated heterocycles. The van der Waals surface area contributed by atoms with Gasteiger partial charge >= 0.3 is 5.97 Å². The summed E-state index contributed by atoms with van der Waals surface area (Å²) in [6, 6.07) is 0. The summed E-state index contributed by atoms with van der Waals surface area (Å²) in [4.78, 5) is 11.8. The molecular weight excluding hydrogens is 436 g/mol. The summed E-state index contributed by atoms with van der Waals surface area (Å²) in [5.74, 6) is 6.16. The molecule has 0 aromatic rings. The number of rotatable bonds is 8. The van der Waals surface area contributed by atoms with E-state index in [-0.39, 0.29) is 28.9 Å². The third-order valence-electron chi connectivity index (χ3n) is 6.16. The van der Waals surface area contributed by atoms with Crippen molar-refractivity contribution in [1.29, 1.82) is 0 Å². The van der Waals surface area contributed by atoms with Gasteiger partial charge in [0, 0.05) is 21.9 Å². The standard InChI is InChI=1S/C24H39ClO5S/c1-24(2,3)30-23(28)16-31(29)14-8-7-11-18-19(22(27)15-20(18)25)12-13-21(26)17-9-5-4-6-10-17/h17-22,26-27H,4-11,14-16H2,1-3H3/t18-,19-,20+,21?,22-,31?/m1/s1. The van der Waals surface area contributed by atoms with Crippen LogP contribution in [-0.2, 0) is 20.3 Å². The van der Waals surface area contributed by atoms with Crippen LogP contribution in [0.4, 0.5) is 0 Å².